The van der Waals surface area contributed by atoms with Crippen LogP contribution in [-0.2, 0) is 19.6 Å². The number of methoxy groups -OCH3 is 1. The summed E-state index contributed by atoms with van der Waals surface area (Å²) in [4.78, 5) is 10.7. The van der Waals surface area contributed by atoms with E-state index in [1.54, 1.807) is 0 Å². The molecule has 0 aromatic heterocycles. The topological polar surface area (TPSA) is 83.9 Å². The minimum atomic E-state index is -3.87. The highest BCUT2D eigenvalue weighted by Crippen LogP contribution is 2.18. The van der Waals surface area contributed by atoms with Crippen LogP contribution >= 0.6 is 11.6 Å². The van der Waals surface area contributed by atoms with Gasteiger partial charge in [-0.05, 0) is 24.3 Å². The maximum atomic E-state index is 12.2. The summed E-state index contributed by atoms with van der Waals surface area (Å²) in [7, 11) is -2.46. The van der Waals surface area contributed by atoms with Crippen LogP contribution in [0.3, 0.4) is 0 Å². The van der Waals surface area contributed by atoms with Crippen molar-refractivity contribution in [3.8, 4) is 0 Å². The molecule has 0 radical (unpaired) electrons. The molecule has 106 valence electrons. The maximum absolute atomic E-state index is 12.2. The lowest BCUT2D eigenvalue weighted by Crippen LogP contribution is -2.37. The molecule has 0 aliphatic carbocycles. The van der Waals surface area contributed by atoms with Gasteiger partial charge >= 0.3 is 5.97 Å². The van der Waals surface area contributed by atoms with E-state index in [4.69, 9.17) is 21.4 Å². The summed E-state index contributed by atoms with van der Waals surface area (Å²) in [6.07, 6.45) is 0. The second-order valence-electron chi connectivity index (χ2n) is 3.68. The van der Waals surface area contributed by atoms with Gasteiger partial charge in [0.1, 0.15) is 6.54 Å². The lowest BCUT2D eigenvalue weighted by molar-refractivity contribution is -0.137. The van der Waals surface area contributed by atoms with Crippen LogP contribution in [0.5, 0.6) is 0 Å². The number of hydrogen-bond donors (Lipinski definition) is 1. The molecule has 0 saturated heterocycles. The van der Waals surface area contributed by atoms with Crippen LogP contribution in [0.1, 0.15) is 0 Å². The van der Waals surface area contributed by atoms with Crippen molar-refractivity contribution in [2.75, 3.05) is 26.8 Å². The molecular weight excluding hydrogens is 294 g/mol. The van der Waals surface area contributed by atoms with Crippen molar-refractivity contribution in [3.05, 3.63) is 29.3 Å². The van der Waals surface area contributed by atoms with E-state index < -0.39 is 22.5 Å². The van der Waals surface area contributed by atoms with Crippen LogP contribution in [0.25, 0.3) is 0 Å². The average molecular weight is 308 g/mol. The summed E-state index contributed by atoms with van der Waals surface area (Å²) in [5, 5.41) is 9.17. The van der Waals surface area contributed by atoms with E-state index >= 15 is 0 Å². The fraction of sp³-hybridized carbons (Fsp3) is 0.364. The smallest absolute Gasteiger partial charge is 0.318 e. The van der Waals surface area contributed by atoms with Gasteiger partial charge in [-0.15, -0.1) is 0 Å². The molecule has 0 spiro atoms. The van der Waals surface area contributed by atoms with Gasteiger partial charge in [0.25, 0.3) is 0 Å². The summed E-state index contributed by atoms with van der Waals surface area (Å²) >= 11 is 5.69. The zero-order chi connectivity index (χ0) is 14.5. The summed E-state index contributed by atoms with van der Waals surface area (Å²) in [5.74, 6) is -1.23. The quantitative estimate of drug-likeness (QED) is 0.814. The number of nitrogens with zero attached hydrogens (tertiary/aromatic N) is 1. The van der Waals surface area contributed by atoms with Crippen molar-refractivity contribution in [3.63, 3.8) is 0 Å². The number of carbonyl (C=O) groups is 1. The third-order valence-corrected chi connectivity index (χ3v) is 4.42. The van der Waals surface area contributed by atoms with Gasteiger partial charge < -0.3 is 9.84 Å². The third-order valence-electron chi connectivity index (χ3n) is 2.31. The lowest BCUT2D eigenvalue weighted by Gasteiger charge is -2.19. The molecule has 0 fully saturated rings. The molecule has 1 N–H and O–H groups in total. The molecule has 19 heavy (non-hydrogen) atoms. The molecule has 0 aliphatic heterocycles. The van der Waals surface area contributed by atoms with Crippen LogP contribution in [-0.4, -0.2) is 50.6 Å². The van der Waals surface area contributed by atoms with Crippen molar-refractivity contribution in [1.29, 1.82) is 0 Å². The first-order valence-electron chi connectivity index (χ1n) is 5.34. The van der Waals surface area contributed by atoms with Gasteiger partial charge in [-0.1, -0.05) is 11.6 Å². The Morgan fingerprint density at radius 3 is 2.42 bits per heavy atom. The van der Waals surface area contributed by atoms with Gasteiger partial charge in [-0.3, -0.25) is 4.79 Å². The highest BCUT2D eigenvalue weighted by Gasteiger charge is 2.26. The molecule has 1 aromatic carbocycles. The molecule has 0 amide bonds. The Kier molecular flexibility index (Phi) is 5.74. The molecule has 6 nitrogen and oxygen atoms in total. The molecule has 0 bridgehead atoms. The zero-order valence-electron chi connectivity index (χ0n) is 10.2. The first kappa shape index (κ1) is 15.9. The van der Waals surface area contributed by atoms with Gasteiger partial charge in [0, 0.05) is 18.7 Å². The fourth-order valence-electron chi connectivity index (χ4n) is 1.38. The second kappa shape index (κ2) is 6.85. The Bertz CT molecular complexity index is 529. The summed E-state index contributed by atoms with van der Waals surface area (Å²) in [5.41, 5.74) is 0. The average Bonchev–Trinajstić information content (AvgIpc) is 2.34. The first-order chi connectivity index (χ1) is 8.87. The van der Waals surface area contributed by atoms with Gasteiger partial charge in [0.2, 0.25) is 10.0 Å². The Balaban J connectivity index is 3.03. The summed E-state index contributed by atoms with van der Waals surface area (Å²) in [6, 6.07) is 5.53. The molecule has 8 heteroatoms. The van der Waals surface area contributed by atoms with E-state index in [0.717, 1.165) is 4.31 Å². The highest BCUT2D eigenvalue weighted by atomic mass is 35.5. The van der Waals surface area contributed by atoms with E-state index in [0.29, 0.717) is 5.02 Å². The minimum absolute atomic E-state index is 0.00532. The van der Waals surface area contributed by atoms with Gasteiger partial charge in [0.15, 0.2) is 0 Å². The molecular formula is C11H14ClNO5S. The monoisotopic (exact) mass is 307 g/mol. The first-order valence-corrected chi connectivity index (χ1v) is 7.16. The van der Waals surface area contributed by atoms with E-state index in [1.165, 1.54) is 31.4 Å². The van der Waals surface area contributed by atoms with Crippen LogP contribution in [0.4, 0.5) is 0 Å². The van der Waals surface area contributed by atoms with Crippen molar-refractivity contribution in [2.24, 2.45) is 0 Å². The number of carboxylic acids is 1. The van der Waals surface area contributed by atoms with Crippen molar-refractivity contribution in [2.45, 2.75) is 4.90 Å². The Hall–Kier alpha value is -1.15. The molecule has 0 saturated carbocycles. The van der Waals surface area contributed by atoms with Crippen LogP contribution in [0, 0.1) is 0 Å². The van der Waals surface area contributed by atoms with Gasteiger partial charge in [-0.25, -0.2) is 8.42 Å². The van der Waals surface area contributed by atoms with Crippen molar-refractivity contribution >= 4 is 27.6 Å². The molecule has 0 unspecified atom stereocenters. The van der Waals surface area contributed by atoms with E-state index in [9.17, 15) is 13.2 Å². The second-order valence-corrected chi connectivity index (χ2v) is 6.05. The predicted octanol–water partition coefficient (Wildman–Crippen LogP) is 1.06. The lowest BCUT2D eigenvalue weighted by atomic mass is 10.4. The number of halogens is 1. The van der Waals surface area contributed by atoms with Crippen molar-refractivity contribution < 1.29 is 23.1 Å². The Morgan fingerprint density at radius 1 is 1.37 bits per heavy atom. The number of aliphatic carboxylic acids is 1. The molecule has 0 heterocycles. The molecule has 1 rings (SSSR count). The number of benzene rings is 1. The number of sulfonamides is 1. The Labute approximate surface area is 116 Å². The van der Waals surface area contributed by atoms with Gasteiger partial charge in [-0.2, -0.15) is 4.31 Å². The largest absolute Gasteiger partial charge is 0.480 e. The summed E-state index contributed by atoms with van der Waals surface area (Å²) < 4.78 is 30.1. The normalized spacial score (nSPS) is 11.7. The van der Waals surface area contributed by atoms with E-state index in [-0.39, 0.29) is 18.0 Å². The number of carboxylic acid groups (broad SMARTS) is 1. The predicted molar refractivity (Wildman–Crippen MR) is 69.7 cm³/mol. The number of ether oxygens (including phenoxy) is 1. The van der Waals surface area contributed by atoms with Crippen LogP contribution in [0.15, 0.2) is 29.2 Å². The molecule has 0 aliphatic rings. The molecule has 0 atom stereocenters. The number of rotatable bonds is 7. The van der Waals surface area contributed by atoms with Gasteiger partial charge in [0.05, 0.1) is 11.5 Å². The minimum Gasteiger partial charge on any atom is -0.480 e. The third kappa shape index (κ3) is 4.46. The van der Waals surface area contributed by atoms with Crippen LogP contribution in [0.2, 0.25) is 5.02 Å². The SMILES string of the molecule is COCCN(CC(=O)O)S(=O)(=O)c1ccc(Cl)cc1. The Morgan fingerprint density at radius 2 is 1.95 bits per heavy atom. The zero-order valence-corrected chi connectivity index (χ0v) is 11.8. The maximum Gasteiger partial charge on any atom is 0.318 e. The fourth-order valence-corrected chi connectivity index (χ4v) is 2.88. The summed E-state index contributed by atoms with van der Waals surface area (Å²) in [6.45, 7) is -0.540. The van der Waals surface area contributed by atoms with Crippen molar-refractivity contribution in [1.82, 2.24) is 4.31 Å². The highest BCUT2D eigenvalue weighted by molar-refractivity contribution is 7.89. The van der Waals surface area contributed by atoms with E-state index in [1.807, 2.05) is 0 Å². The standard InChI is InChI=1S/C11H14ClNO5S/c1-18-7-6-13(8-11(14)15)19(16,17)10-4-2-9(12)3-5-10/h2-5H,6-8H2,1H3,(H,14,15). The number of hydrogen-bond acceptors (Lipinski definition) is 4. The van der Waals surface area contributed by atoms with E-state index in [2.05, 4.69) is 0 Å². The van der Waals surface area contributed by atoms with Crippen LogP contribution < -0.4 is 0 Å². The molecule has 1 aromatic rings.